The van der Waals surface area contributed by atoms with Crippen LogP contribution in [0.25, 0.3) is 0 Å². The van der Waals surface area contributed by atoms with Crippen LogP contribution in [-0.2, 0) is 0 Å². The lowest BCUT2D eigenvalue weighted by molar-refractivity contribution is 0.466. The van der Waals surface area contributed by atoms with Crippen LogP contribution in [0.15, 0.2) is 22.1 Å². The van der Waals surface area contributed by atoms with Crippen molar-refractivity contribution in [2.24, 2.45) is 15.4 Å². The van der Waals surface area contributed by atoms with E-state index in [2.05, 4.69) is 37.3 Å². The lowest BCUT2D eigenvalue weighted by Gasteiger charge is -2.23. The summed E-state index contributed by atoms with van der Waals surface area (Å²) in [5.41, 5.74) is 2.36. The maximum Gasteiger partial charge on any atom is 0.149 e. The molecule has 0 fully saturated rings. The Kier molecular flexibility index (Phi) is 3.25. The second-order valence-corrected chi connectivity index (χ2v) is 4.61. The number of rotatable bonds is 4. The molecule has 0 saturated carbocycles. The van der Waals surface area contributed by atoms with Gasteiger partial charge in [0.25, 0.3) is 0 Å². The van der Waals surface area contributed by atoms with Gasteiger partial charge in [0, 0.05) is 11.1 Å². The average molecular weight is 192 g/mol. The van der Waals surface area contributed by atoms with Crippen LogP contribution in [0.1, 0.15) is 40.5 Å². The van der Waals surface area contributed by atoms with Crippen LogP contribution in [-0.4, -0.2) is 18.1 Å². The minimum Gasteiger partial charge on any atom is -0.260 e. The molecule has 0 aliphatic carbocycles. The zero-order valence-electron chi connectivity index (χ0n) is 9.72. The van der Waals surface area contributed by atoms with Crippen molar-refractivity contribution >= 4 is 11.5 Å². The lowest BCUT2D eigenvalue weighted by Crippen LogP contribution is -2.25. The molecule has 0 saturated heterocycles. The Hall–Kier alpha value is -0.920. The molecule has 0 spiro atoms. The van der Waals surface area contributed by atoms with Crippen molar-refractivity contribution in [3.63, 3.8) is 0 Å². The highest BCUT2D eigenvalue weighted by Gasteiger charge is 2.26. The van der Waals surface area contributed by atoms with Crippen LogP contribution in [0.3, 0.4) is 0 Å². The Morgan fingerprint density at radius 1 is 1.50 bits per heavy atom. The molecule has 0 amide bonds. The predicted molar refractivity (Wildman–Crippen MR) is 63.2 cm³/mol. The standard InChI is InChI=1S/C12H20N2/c1-6-7-12(4,5)10-8-13-11(14-10)9(2)3/h2,6-8H2,1,3-5H3. The molecular weight excluding hydrogens is 172 g/mol. The van der Waals surface area contributed by atoms with E-state index in [-0.39, 0.29) is 5.41 Å². The monoisotopic (exact) mass is 192 g/mol. The van der Waals surface area contributed by atoms with E-state index in [0.29, 0.717) is 0 Å². The van der Waals surface area contributed by atoms with Gasteiger partial charge < -0.3 is 0 Å². The highest BCUT2D eigenvalue weighted by molar-refractivity contribution is 6.12. The molecule has 78 valence electrons. The molecule has 0 bridgehead atoms. The van der Waals surface area contributed by atoms with Crippen LogP contribution >= 0.6 is 0 Å². The molecular formula is C12H20N2. The Morgan fingerprint density at radius 3 is 2.57 bits per heavy atom. The summed E-state index contributed by atoms with van der Waals surface area (Å²) in [6, 6.07) is 0. The molecule has 1 heterocycles. The first-order valence-corrected chi connectivity index (χ1v) is 5.25. The third-order valence-electron chi connectivity index (χ3n) is 2.66. The molecule has 0 unspecified atom stereocenters. The summed E-state index contributed by atoms with van der Waals surface area (Å²) in [5.74, 6) is 0.837. The minimum atomic E-state index is 0.190. The van der Waals surface area contributed by atoms with Crippen LogP contribution in [0.2, 0.25) is 0 Å². The zero-order valence-corrected chi connectivity index (χ0v) is 9.72. The first kappa shape index (κ1) is 11.2. The van der Waals surface area contributed by atoms with Gasteiger partial charge in [0.15, 0.2) is 0 Å². The first-order chi connectivity index (χ1) is 6.47. The largest absolute Gasteiger partial charge is 0.260 e. The summed E-state index contributed by atoms with van der Waals surface area (Å²) in [4.78, 5) is 8.92. The van der Waals surface area contributed by atoms with Gasteiger partial charge in [-0.05, 0) is 18.9 Å². The highest BCUT2D eigenvalue weighted by Crippen LogP contribution is 2.27. The normalized spacial score (nSPS) is 16.6. The molecule has 2 heteroatoms. The molecule has 0 aromatic carbocycles. The van der Waals surface area contributed by atoms with E-state index in [1.54, 1.807) is 0 Å². The molecule has 0 aromatic heterocycles. The van der Waals surface area contributed by atoms with Crippen molar-refractivity contribution in [1.29, 1.82) is 0 Å². The highest BCUT2D eigenvalue weighted by atomic mass is 15.0. The fraction of sp³-hybridized carbons (Fsp3) is 0.667. The van der Waals surface area contributed by atoms with Crippen molar-refractivity contribution in [3.8, 4) is 0 Å². The van der Waals surface area contributed by atoms with Crippen molar-refractivity contribution in [1.82, 2.24) is 0 Å². The van der Waals surface area contributed by atoms with Crippen molar-refractivity contribution in [2.75, 3.05) is 6.54 Å². The van der Waals surface area contributed by atoms with Gasteiger partial charge in [-0.25, -0.2) is 4.99 Å². The van der Waals surface area contributed by atoms with E-state index >= 15 is 0 Å². The second-order valence-electron chi connectivity index (χ2n) is 4.61. The third kappa shape index (κ3) is 2.31. The SMILES string of the molecule is C=C(C)C1=NCC(C(C)(C)CCC)=N1. The quantitative estimate of drug-likeness (QED) is 0.653. The molecule has 2 nitrogen and oxygen atoms in total. The van der Waals surface area contributed by atoms with E-state index in [1.807, 2.05) is 6.92 Å². The molecule has 1 aliphatic rings. The summed E-state index contributed by atoms with van der Waals surface area (Å²) in [6.07, 6.45) is 2.36. The minimum absolute atomic E-state index is 0.190. The molecule has 0 N–H and O–H groups in total. The maximum atomic E-state index is 4.54. The Bertz CT molecular complexity index is 295. The first-order valence-electron chi connectivity index (χ1n) is 5.25. The van der Waals surface area contributed by atoms with Crippen LogP contribution in [0.5, 0.6) is 0 Å². The van der Waals surface area contributed by atoms with E-state index in [0.717, 1.165) is 18.0 Å². The smallest absolute Gasteiger partial charge is 0.149 e. The average Bonchev–Trinajstić information content (AvgIpc) is 2.51. The van der Waals surface area contributed by atoms with Gasteiger partial charge in [-0.3, -0.25) is 4.99 Å². The molecule has 0 atom stereocenters. The number of nitrogens with zero attached hydrogens (tertiary/aromatic N) is 2. The fourth-order valence-corrected chi connectivity index (χ4v) is 1.71. The molecule has 14 heavy (non-hydrogen) atoms. The number of hydrogen-bond donors (Lipinski definition) is 0. The van der Waals surface area contributed by atoms with E-state index in [4.69, 9.17) is 0 Å². The second kappa shape index (κ2) is 4.07. The summed E-state index contributed by atoms with van der Waals surface area (Å²) >= 11 is 0. The van der Waals surface area contributed by atoms with Crippen molar-refractivity contribution in [3.05, 3.63) is 12.2 Å². The van der Waals surface area contributed by atoms with Gasteiger partial charge in [-0.15, -0.1) is 0 Å². The number of hydrogen-bond acceptors (Lipinski definition) is 2. The predicted octanol–water partition coefficient (Wildman–Crippen LogP) is 3.24. The fourth-order valence-electron chi connectivity index (χ4n) is 1.71. The van der Waals surface area contributed by atoms with Gasteiger partial charge >= 0.3 is 0 Å². The number of aliphatic imine (C=N–C) groups is 2. The molecule has 1 aliphatic heterocycles. The summed E-state index contributed by atoms with van der Waals surface area (Å²) in [5, 5.41) is 0. The number of amidine groups is 1. The van der Waals surface area contributed by atoms with Gasteiger partial charge in [0.05, 0.1) is 6.54 Å². The van der Waals surface area contributed by atoms with Crippen LogP contribution < -0.4 is 0 Å². The van der Waals surface area contributed by atoms with Gasteiger partial charge in [0.2, 0.25) is 0 Å². The molecule has 1 rings (SSSR count). The molecule has 0 radical (unpaired) electrons. The third-order valence-corrected chi connectivity index (χ3v) is 2.66. The van der Waals surface area contributed by atoms with Crippen molar-refractivity contribution < 1.29 is 0 Å². The van der Waals surface area contributed by atoms with E-state index < -0.39 is 0 Å². The summed E-state index contributed by atoms with van der Waals surface area (Å²) in [7, 11) is 0. The zero-order chi connectivity index (χ0) is 10.8. The lowest BCUT2D eigenvalue weighted by atomic mass is 9.83. The maximum absolute atomic E-state index is 4.54. The Labute approximate surface area is 86.8 Å². The summed E-state index contributed by atoms with van der Waals surface area (Å²) in [6.45, 7) is 13.3. The topological polar surface area (TPSA) is 24.7 Å². The molecule has 0 aromatic rings. The van der Waals surface area contributed by atoms with Gasteiger partial charge in [-0.1, -0.05) is 33.8 Å². The van der Waals surface area contributed by atoms with Gasteiger partial charge in [-0.2, -0.15) is 0 Å². The van der Waals surface area contributed by atoms with Crippen molar-refractivity contribution in [2.45, 2.75) is 40.5 Å². The van der Waals surface area contributed by atoms with Gasteiger partial charge in [0.1, 0.15) is 5.84 Å². The van der Waals surface area contributed by atoms with Crippen LogP contribution in [0, 0.1) is 5.41 Å². The summed E-state index contributed by atoms with van der Waals surface area (Å²) < 4.78 is 0. The van der Waals surface area contributed by atoms with E-state index in [1.165, 1.54) is 18.6 Å². The van der Waals surface area contributed by atoms with Crippen LogP contribution in [0.4, 0.5) is 0 Å². The Balaban J connectivity index is 2.75. The Morgan fingerprint density at radius 2 is 2.14 bits per heavy atom. The van der Waals surface area contributed by atoms with E-state index in [9.17, 15) is 0 Å².